The van der Waals surface area contributed by atoms with Gasteiger partial charge in [-0.15, -0.1) is 0 Å². The van der Waals surface area contributed by atoms with Gasteiger partial charge in [0.15, 0.2) is 11.6 Å². The van der Waals surface area contributed by atoms with Gasteiger partial charge in [-0.2, -0.15) is 0 Å². The number of carbonyl (C=O) groups excluding carboxylic acids is 4. The van der Waals surface area contributed by atoms with Gasteiger partial charge in [-0.3, -0.25) is 19.2 Å². The lowest BCUT2D eigenvalue weighted by atomic mass is 9.80. The quantitative estimate of drug-likeness (QED) is 0.598. The molecular weight excluding hydrogens is 412 g/mol. The van der Waals surface area contributed by atoms with Crippen LogP contribution in [0, 0.1) is 13.8 Å². The molecule has 0 aromatic heterocycles. The standard InChI is InChI=1S/C22H13ClO7/c1-7-3-9-15(12(24)4-7)13(25)6-11(18(9)26)14-8(2)5-10-16(20(14)28)21(29)17(23)22(30)19(10)27/h3-6,24,28-29H,1-2H3. The molecule has 2 aromatic carbocycles. The molecule has 150 valence electrons. The Labute approximate surface area is 174 Å². The normalized spacial score (nSPS) is 15.9. The molecule has 0 fully saturated rings. The number of hydrogen-bond acceptors (Lipinski definition) is 7. The second-order valence-corrected chi connectivity index (χ2v) is 7.50. The molecule has 0 saturated heterocycles. The summed E-state index contributed by atoms with van der Waals surface area (Å²) in [5.74, 6) is -5.18. The Morgan fingerprint density at radius 1 is 0.767 bits per heavy atom. The highest BCUT2D eigenvalue weighted by atomic mass is 35.5. The van der Waals surface area contributed by atoms with Crippen molar-refractivity contribution >= 4 is 46.1 Å². The number of Topliss-reactive ketones (excluding diaryl/α,β-unsaturated/α-hetero) is 3. The second kappa shape index (κ2) is 6.40. The molecule has 0 bridgehead atoms. The molecule has 0 atom stereocenters. The van der Waals surface area contributed by atoms with Crippen molar-refractivity contribution in [2.45, 2.75) is 13.8 Å². The van der Waals surface area contributed by atoms with E-state index in [9.17, 15) is 34.5 Å². The molecule has 0 saturated carbocycles. The van der Waals surface area contributed by atoms with E-state index in [1.54, 1.807) is 6.92 Å². The zero-order valence-electron chi connectivity index (χ0n) is 15.7. The van der Waals surface area contributed by atoms with Crippen LogP contribution in [0.5, 0.6) is 11.5 Å². The molecule has 3 N–H and O–H groups in total. The van der Waals surface area contributed by atoms with E-state index < -0.39 is 39.7 Å². The van der Waals surface area contributed by atoms with Crippen molar-refractivity contribution in [3.05, 3.63) is 68.3 Å². The van der Waals surface area contributed by atoms with Crippen molar-refractivity contribution in [2.24, 2.45) is 0 Å². The van der Waals surface area contributed by atoms with Crippen LogP contribution >= 0.6 is 11.6 Å². The third-order valence-corrected chi connectivity index (χ3v) is 5.49. The number of phenols is 2. The van der Waals surface area contributed by atoms with Crippen molar-refractivity contribution < 1.29 is 34.5 Å². The van der Waals surface area contributed by atoms with Gasteiger partial charge in [-0.1, -0.05) is 11.6 Å². The van der Waals surface area contributed by atoms with Gasteiger partial charge < -0.3 is 15.3 Å². The lowest BCUT2D eigenvalue weighted by molar-refractivity contribution is -0.111. The minimum absolute atomic E-state index is 0.0319. The van der Waals surface area contributed by atoms with Crippen molar-refractivity contribution in [1.29, 1.82) is 0 Å². The highest BCUT2D eigenvalue weighted by Crippen LogP contribution is 2.44. The molecule has 2 aliphatic carbocycles. The Morgan fingerprint density at radius 2 is 1.40 bits per heavy atom. The highest BCUT2D eigenvalue weighted by Gasteiger charge is 2.38. The molecule has 0 heterocycles. The van der Waals surface area contributed by atoms with Crippen molar-refractivity contribution in [3.63, 3.8) is 0 Å². The number of rotatable bonds is 1. The van der Waals surface area contributed by atoms with Crippen LogP contribution in [-0.2, 0) is 4.79 Å². The summed E-state index contributed by atoms with van der Waals surface area (Å²) in [6.45, 7) is 3.12. The van der Waals surface area contributed by atoms with Crippen LogP contribution in [0.4, 0.5) is 0 Å². The molecular formula is C22H13ClO7. The fourth-order valence-electron chi connectivity index (χ4n) is 3.80. The minimum atomic E-state index is -1.11. The lowest BCUT2D eigenvalue weighted by Gasteiger charge is -2.23. The van der Waals surface area contributed by atoms with Gasteiger partial charge in [0.2, 0.25) is 11.6 Å². The summed E-state index contributed by atoms with van der Waals surface area (Å²) in [7, 11) is 0. The largest absolute Gasteiger partial charge is 0.507 e. The average molecular weight is 425 g/mol. The van der Waals surface area contributed by atoms with Gasteiger partial charge in [0, 0.05) is 22.3 Å². The Kier molecular flexibility index (Phi) is 4.18. The summed E-state index contributed by atoms with van der Waals surface area (Å²) >= 11 is 5.73. The summed E-state index contributed by atoms with van der Waals surface area (Å²) in [5.41, 5.74) is -0.302. The summed E-state index contributed by atoms with van der Waals surface area (Å²) < 4.78 is 0. The fraction of sp³-hybridized carbons (Fsp3) is 0.0909. The third-order valence-electron chi connectivity index (χ3n) is 5.14. The van der Waals surface area contributed by atoms with Crippen LogP contribution in [0.25, 0.3) is 11.3 Å². The maximum absolute atomic E-state index is 13.1. The first kappa shape index (κ1) is 19.6. The third kappa shape index (κ3) is 2.52. The number of aryl methyl sites for hydroxylation is 2. The van der Waals surface area contributed by atoms with Crippen LogP contribution in [-0.4, -0.2) is 38.5 Å². The summed E-state index contributed by atoms with van der Waals surface area (Å²) in [6.07, 6.45) is 0.979. The minimum Gasteiger partial charge on any atom is -0.507 e. The number of ketones is 4. The van der Waals surface area contributed by atoms with Crippen molar-refractivity contribution in [3.8, 4) is 11.5 Å². The molecule has 7 nitrogen and oxygen atoms in total. The molecule has 30 heavy (non-hydrogen) atoms. The molecule has 2 aromatic rings. The molecule has 0 aliphatic heterocycles. The Morgan fingerprint density at radius 3 is 2.07 bits per heavy atom. The number of aromatic hydroxyl groups is 2. The van der Waals surface area contributed by atoms with Crippen LogP contribution in [0.3, 0.4) is 0 Å². The van der Waals surface area contributed by atoms with Crippen LogP contribution in [0.1, 0.15) is 53.3 Å². The molecule has 0 radical (unpaired) electrons. The Bertz CT molecular complexity index is 1310. The SMILES string of the molecule is Cc1cc(O)c2c(c1)C(=O)C(c1c(C)cc3c(c1O)C(O)=C(Cl)C(=O)C3=O)=CC2=O. The lowest BCUT2D eigenvalue weighted by Crippen LogP contribution is -2.23. The molecule has 0 spiro atoms. The van der Waals surface area contributed by atoms with E-state index in [0.29, 0.717) is 5.56 Å². The van der Waals surface area contributed by atoms with Crippen LogP contribution in [0.2, 0.25) is 0 Å². The summed E-state index contributed by atoms with van der Waals surface area (Å²) in [6, 6.07) is 4.05. The summed E-state index contributed by atoms with van der Waals surface area (Å²) in [5, 5.41) is 30.5. The van der Waals surface area contributed by atoms with Gasteiger partial charge in [0.1, 0.15) is 22.3 Å². The second-order valence-electron chi connectivity index (χ2n) is 7.12. The van der Waals surface area contributed by atoms with Crippen LogP contribution in [0.15, 0.2) is 29.3 Å². The fourth-order valence-corrected chi connectivity index (χ4v) is 3.98. The number of halogens is 1. The van der Waals surface area contributed by atoms with Gasteiger partial charge in [-0.05, 0) is 49.2 Å². The number of carbonyl (C=O) groups is 4. The van der Waals surface area contributed by atoms with E-state index in [1.807, 2.05) is 0 Å². The number of aliphatic hydroxyl groups is 1. The Balaban J connectivity index is 2.01. The maximum atomic E-state index is 13.1. The van der Waals surface area contributed by atoms with Gasteiger partial charge in [0.05, 0.1) is 11.1 Å². The molecule has 2 aliphatic rings. The first-order chi connectivity index (χ1) is 14.0. The number of benzene rings is 2. The van der Waals surface area contributed by atoms with Crippen molar-refractivity contribution in [1.82, 2.24) is 0 Å². The molecule has 8 heteroatoms. The van der Waals surface area contributed by atoms with E-state index in [-0.39, 0.29) is 44.7 Å². The predicted octanol–water partition coefficient (Wildman–Crippen LogP) is 3.41. The predicted molar refractivity (Wildman–Crippen MR) is 107 cm³/mol. The molecule has 0 amide bonds. The van der Waals surface area contributed by atoms with E-state index >= 15 is 0 Å². The van der Waals surface area contributed by atoms with Gasteiger partial charge in [-0.25, -0.2) is 0 Å². The number of hydrogen-bond donors (Lipinski definition) is 3. The van der Waals surface area contributed by atoms with E-state index in [1.165, 1.54) is 25.1 Å². The monoisotopic (exact) mass is 424 g/mol. The first-order valence-corrected chi connectivity index (χ1v) is 9.11. The van der Waals surface area contributed by atoms with Gasteiger partial charge >= 0.3 is 0 Å². The van der Waals surface area contributed by atoms with Gasteiger partial charge in [0.25, 0.3) is 0 Å². The van der Waals surface area contributed by atoms with E-state index in [2.05, 4.69) is 0 Å². The Hall–Kier alpha value is -3.71. The number of fused-ring (bicyclic) bond motifs is 2. The van der Waals surface area contributed by atoms with Crippen LogP contribution < -0.4 is 0 Å². The van der Waals surface area contributed by atoms with E-state index in [4.69, 9.17) is 11.6 Å². The highest BCUT2D eigenvalue weighted by molar-refractivity contribution is 6.64. The first-order valence-electron chi connectivity index (χ1n) is 8.74. The zero-order chi connectivity index (χ0) is 22.1. The number of allylic oxidation sites excluding steroid dienone is 3. The molecule has 4 rings (SSSR count). The average Bonchev–Trinajstić information content (AvgIpc) is 2.67. The topological polar surface area (TPSA) is 129 Å². The smallest absolute Gasteiger partial charge is 0.248 e. The number of aliphatic hydroxyl groups excluding tert-OH is 1. The number of phenolic OH excluding ortho intramolecular Hbond substituents is 2. The van der Waals surface area contributed by atoms with E-state index in [0.717, 1.165) is 6.08 Å². The summed E-state index contributed by atoms with van der Waals surface area (Å²) in [4.78, 5) is 49.9. The maximum Gasteiger partial charge on any atom is 0.248 e. The molecule has 0 unspecified atom stereocenters. The van der Waals surface area contributed by atoms with Crippen molar-refractivity contribution in [2.75, 3.05) is 0 Å². The zero-order valence-corrected chi connectivity index (χ0v) is 16.4.